The SMILES string of the molecule is CC(Cc1cccc(Cl)c1)NC1C(C)(C)[C@H]2CC[C@]1(C)C2. The first-order valence-corrected chi connectivity index (χ1v) is 8.69. The molecule has 21 heavy (non-hydrogen) atoms. The number of hydrogen-bond donors (Lipinski definition) is 1. The molecule has 1 aromatic carbocycles. The van der Waals surface area contributed by atoms with E-state index >= 15 is 0 Å². The van der Waals surface area contributed by atoms with Crippen molar-refractivity contribution in [3.8, 4) is 0 Å². The van der Waals surface area contributed by atoms with Crippen molar-refractivity contribution in [2.24, 2.45) is 16.7 Å². The summed E-state index contributed by atoms with van der Waals surface area (Å²) in [6, 6.07) is 9.39. The Morgan fingerprint density at radius 1 is 1.33 bits per heavy atom. The first-order valence-electron chi connectivity index (χ1n) is 8.32. The average Bonchev–Trinajstić information content (AvgIpc) is 2.86. The van der Waals surface area contributed by atoms with Gasteiger partial charge in [-0.25, -0.2) is 0 Å². The minimum Gasteiger partial charge on any atom is -0.310 e. The summed E-state index contributed by atoms with van der Waals surface area (Å²) in [6.07, 6.45) is 5.27. The highest BCUT2D eigenvalue weighted by Gasteiger charge is 2.59. The number of halogens is 1. The first-order chi connectivity index (χ1) is 9.81. The fourth-order valence-corrected chi connectivity index (χ4v) is 5.29. The molecule has 0 aliphatic heterocycles. The maximum Gasteiger partial charge on any atom is 0.0408 e. The molecule has 2 aliphatic carbocycles. The van der Waals surface area contributed by atoms with Crippen LogP contribution in [0.3, 0.4) is 0 Å². The maximum absolute atomic E-state index is 6.10. The quantitative estimate of drug-likeness (QED) is 0.818. The highest BCUT2D eigenvalue weighted by molar-refractivity contribution is 6.30. The lowest BCUT2D eigenvalue weighted by molar-refractivity contribution is 0.100. The van der Waals surface area contributed by atoms with Gasteiger partial charge >= 0.3 is 0 Å². The molecule has 2 fully saturated rings. The van der Waals surface area contributed by atoms with Crippen molar-refractivity contribution in [3.05, 3.63) is 34.9 Å². The summed E-state index contributed by atoms with van der Waals surface area (Å²) in [6.45, 7) is 9.73. The van der Waals surface area contributed by atoms with Gasteiger partial charge in [-0.15, -0.1) is 0 Å². The first kappa shape index (κ1) is 15.4. The van der Waals surface area contributed by atoms with Crippen LogP contribution in [-0.4, -0.2) is 12.1 Å². The molecule has 0 heterocycles. The summed E-state index contributed by atoms with van der Waals surface area (Å²) in [5, 5.41) is 4.81. The molecule has 116 valence electrons. The fraction of sp³-hybridized carbons (Fsp3) is 0.684. The predicted octanol–water partition coefficient (Wildman–Crippen LogP) is 5.08. The van der Waals surface area contributed by atoms with Crippen LogP contribution in [0.15, 0.2) is 24.3 Å². The van der Waals surface area contributed by atoms with Gasteiger partial charge in [0.05, 0.1) is 0 Å². The third kappa shape index (κ3) is 2.75. The van der Waals surface area contributed by atoms with Crippen LogP contribution < -0.4 is 5.32 Å². The minimum absolute atomic E-state index is 0.426. The van der Waals surface area contributed by atoms with E-state index in [1.54, 1.807) is 0 Å². The summed E-state index contributed by atoms with van der Waals surface area (Å²) < 4.78 is 0. The Morgan fingerprint density at radius 3 is 2.71 bits per heavy atom. The molecule has 0 saturated heterocycles. The molecule has 0 radical (unpaired) electrons. The molecule has 2 heteroatoms. The van der Waals surface area contributed by atoms with Crippen molar-refractivity contribution in [2.45, 2.75) is 65.5 Å². The molecule has 2 aliphatic rings. The molecule has 4 atom stereocenters. The molecular weight excluding hydrogens is 278 g/mol. The molecule has 1 aromatic rings. The Bertz CT molecular complexity index is 519. The minimum atomic E-state index is 0.426. The van der Waals surface area contributed by atoms with Gasteiger partial charge in [-0.3, -0.25) is 0 Å². The van der Waals surface area contributed by atoms with Gasteiger partial charge in [-0.2, -0.15) is 0 Å². The molecule has 3 rings (SSSR count). The smallest absolute Gasteiger partial charge is 0.0408 e. The summed E-state index contributed by atoms with van der Waals surface area (Å²) in [7, 11) is 0. The van der Waals surface area contributed by atoms with E-state index in [-0.39, 0.29) is 0 Å². The van der Waals surface area contributed by atoms with Crippen molar-refractivity contribution in [1.29, 1.82) is 0 Å². The largest absolute Gasteiger partial charge is 0.310 e. The van der Waals surface area contributed by atoms with Crippen LogP contribution in [0.2, 0.25) is 5.02 Å². The molecule has 1 N–H and O–H groups in total. The maximum atomic E-state index is 6.10. The molecule has 2 unspecified atom stereocenters. The summed E-state index contributed by atoms with van der Waals surface area (Å²) in [4.78, 5) is 0. The van der Waals surface area contributed by atoms with Crippen LogP contribution in [-0.2, 0) is 6.42 Å². The Labute approximate surface area is 134 Å². The molecule has 2 saturated carbocycles. The van der Waals surface area contributed by atoms with E-state index in [1.165, 1.54) is 24.8 Å². The van der Waals surface area contributed by atoms with Gasteiger partial charge in [0.25, 0.3) is 0 Å². The molecule has 0 amide bonds. The van der Waals surface area contributed by atoms with Gasteiger partial charge in [0.2, 0.25) is 0 Å². The van der Waals surface area contributed by atoms with Crippen molar-refractivity contribution in [2.75, 3.05) is 0 Å². The van der Waals surface area contributed by atoms with E-state index in [9.17, 15) is 0 Å². The Morgan fingerprint density at radius 2 is 2.10 bits per heavy atom. The van der Waals surface area contributed by atoms with Crippen LogP contribution in [0.25, 0.3) is 0 Å². The Kier molecular flexibility index (Phi) is 3.86. The second-order valence-electron chi connectivity index (χ2n) is 8.25. The van der Waals surface area contributed by atoms with Gasteiger partial charge in [0, 0.05) is 17.1 Å². The number of benzene rings is 1. The van der Waals surface area contributed by atoms with E-state index in [1.807, 2.05) is 12.1 Å². The molecule has 2 bridgehead atoms. The summed E-state index contributed by atoms with van der Waals surface area (Å²) in [5.74, 6) is 0.901. The van der Waals surface area contributed by atoms with Crippen molar-refractivity contribution >= 4 is 11.6 Å². The zero-order valence-corrected chi connectivity index (χ0v) is 14.5. The second-order valence-corrected chi connectivity index (χ2v) is 8.69. The van der Waals surface area contributed by atoms with E-state index in [4.69, 9.17) is 11.6 Å². The van der Waals surface area contributed by atoms with Gasteiger partial charge in [0.1, 0.15) is 0 Å². The normalized spacial score (nSPS) is 35.1. The molecule has 0 aromatic heterocycles. The molecular formula is C19H28ClN. The highest BCUT2D eigenvalue weighted by atomic mass is 35.5. The van der Waals surface area contributed by atoms with E-state index in [0.717, 1.165) is 17.4 Å². The third-order valence-electron chi connectivity index (χ3n) is 6.15. The van der Waals surface area contributed by atoms with E-state index in [2.05, 4.69) is 45.1 Å². The van der Waals surface area contributed by atoms with Gasteiger partial charge in [0.15, 0.2) is 0 Å². The lowest BCUT2D eigenvalue weighted by Crippen LogP contribution is -2.53. The predicted molar refractivity (Wildman–Crippen MR) is 90.8 cm³/mol. The average molecular weight is 306 g/mol. The molecule has 0 spiro atoms. The number of nitrogens with one attached hydrogen (secondary N) is 1. The standard InChI is InChI=1S/C19H28ClN/c1-13(10-14-6-5-7-16(20)11-14)21-17-18(2,3)15-8-9-19(17,4)12-15/h5-7,11,13,15,17,21H,8-10,12H2,1-4H3/t13?,15-,17?,19+/m0/s1. The van der Waals surface area contributed by atoms with Gasteiger partial charge in [-0.05, 0) is 67.1 Å². The number of rotatable bonds is 4. The van der Waals surface area contributed by atoms with E-state index < -0.39 is 0 Å². The number of hydrogen-bond acceptors (Lipinski definition) is 1. The fourth-order valence-electron chi connectivity index (χ4n) is 5.08. The Balaban J connectivity index is 1.69. The second kappa shape index (κ2) is 5.28. The third-order valence-corrected chi connectivity index (χ3v) is 6.39. The van der Waals surface area contributed by atoms with Crippen LogP contribution in [0, 0.1) is 16.7 Å². The Hall–Kier alpha value is -0.530. The lowest BCUT2D eigenvalue weighted by Gasteiger charge is -2.44. The van der Waals surface area contributed by atoms with Crippen molar-refractivity contribution in [1.82, 2.24) is 5.32 Å². The topological polar surface area (TPSA) is 12.0 Å². The molecule has 1 nitrogen and oxygen atoms in total. The monoisotopic (exact) mass is 305 g/mol. The van der Waals surface area contributed by atoms with Crippen molar-refractivity contribution in [3.63, 3.8) is 0 Å². The summed E-state index contributed by atoms with van der Waals surface area (Å²) >= 11 is 6.10. The van der Waals surface area contributed by atoms with Crippen LogP contribution >= 0.6 is 11.6 Å². The van der Waals surface area contributed by atoms with E-state index in [0.29, 0.717) is 22.9 Å². The zero-order valence-electron chi connectivity index (χ0n) is 13.7. The zero-order chi connectivity index (χ0) is 15.3. The van der Waals surface area contributed by atoms with Crippen LogP contribution in [0.5, 0.6) is 0 Å². The van der Waals surface area contributed by atoms with Crippen LogP contribution in [0.1, 0.15) is 52.5 Å². The van der Waals surface area contributed by atoms with Crippen molar-refractivity contribution < 1.29 is 0 Å². The number of fused-ring (bicyclic) bond motifs is 2. The van der Waals surface area contributed by atoms with Crippen LogP contribution in [0.4, 0.5) is 0 Å². The lowest BCUT2D eigenvalue weighted by atomic mass is 9.68. The summed E-state index contributed by atoms with van der Waals surface area (Å²) in [5.41, 5.74) is 2.25. The van der Waals surface area contributed by atoms with Gasteiger partial charge < -0.3 is 5.32 Å². The van der Waals surface area contributed by atoms with Gasteiger partial charge in [-0.1, -0.05) is 44.5 Å². The highest BCUT2D eigenvalue weighted by Crippen LogP contribution is 2.62.